The number of nitrogen functional groups attached to an aromatic ring is 1. The van der Waals surface area contributed by atoms with Gasteiger partial charge < -0.3 is 25.6 Å². The van der Waals surface area contributed by atoms with Gasteiger partial charge in [-0.15, -0.1) is 0 Å². The van der Waals surface area contributed by atoms with Crippen molar-refractivity contribution in [3.63, 3.8) is 0 Å². The summed E-state index contributed by atoms with van der Waals surface area (Å²) < 4.78 is 11.9. The number of carbonyl (C=O) groups is 1. The largest absolute Gasteiger partial charge is 0.388 e. The molecule has 3 heterocycles. The highest BCUT2D eigenvalue weighted by molar-refractivity contribution is 7.22. The number of hydrogen-bond donors (Lipinski definition) is 3. The van der Waals surface area contributed by atoms with Gasteiger partial charge in [-0.3, -0.25) is 4.79 Å². The normalized spacial score (nSPS) is 29.8. The number of benzene rings is 1. The SMILES string of the molecule is Cc1cc(C(=O)N[C@@H]2CO[C@H]3[C@@H]2OC[C@H]3O)cc2sc(N)nc12. The Morgan fingerprint density at radius 1 is 1.39 bits per heavy atom. The van der Waals surface area contributed by atoms with Gasteiger partial charge in [0.15, 0.2) is 5.13 Å². The second-order valence-electron chi connectivity index (χ2n) is 5.94. The molecule has 4 rings (SSSR count). The summed E-state index contributed by atoms with van der Waals surface area (Å²) in [4.78, 5) is 16.8. The van der Waals surface area contributed by atoms with E-state index in [4.69, 9.17) is 15.2 Å². The molecule has 0 spiro atoms. The Bertz CT molecular complexity index is 777. The molecule has 2 saturated heterocycles. The van der Waals surface area contributed by atoms with E-state index in [1.54, 1.807) is 12.1 Å². The van der Waals surface area contributed by atoms with Crippen LogP contribution in [-0.4, -0.2) is 53.6 Å². The maximum Gasteiger partial charge on any atom is 0.251 e. The van der Waals surface area contributed by atoms with Gasteiger partial charge in [0.1, 0.15) is 18.3 Å². The molecule has 0 unspecified atom stereocenters. The predicted molar refractivity (Wildman–Crippen MR) is 85.5 cm³/mol. The molecule has 8 heteroatoms. The van der Waals surface area contributed by atoms with Gasteiger partial charge in [0.25, 0.3) is 5.91 Å². The Morgan fingerprint density at radius 2 is 2.17 bits per heavy atom. The van der Waals surface area contributed by atoms with Gasteiger partial charge in [0, 0.05) is 5.56 Å². The van der Waals surface area contributed by atoms with Crippen LogP contribution in [0.4, 0.5) is 5.13 Å². The highest BCUT2D eigenvalue weighted by Crippen LogP contribution is 2.29. The molecule has 0 aliphatic carbocycles. The fourth-order valence-corrected chi connectivity index (χ4v) is 4.05. The summed E-state index contributed by atoms with van der Waals surface area (Å²) in [6, 6.07) is 3.34. The fourth-order valence-electron chi connectivity index (χ4n) is 3.20. The monoisotopic (exact) mass is 335 g/mol. The molecule has 7 nitrogen and oxygen atoms in total. The number of carbonyl (C=O) groups excluding carboxylic acids is 1. The summed E-state index contributed by atoms with van der Waals surface area (Å²) in [7, 11) is 0. The molecule has 0 saturated carbocycles. The van der Waals surface area contributed by atoms with Crippen LogP contribution in [0, 0.1) is 6.92 Å². The molecule has 1 amide bonds. The number of nitrogens with two attached hydrogens (primary N) is 1. The van der Waals surface area contributed by atoms with Crippen LogP contribution >= 0.6 is 11.3 Å². The van der Waals surface area contributed by atoms with Crippen molar-refractivity contribution >= 4 is 32.6 Å². The number of amides is 1. The second-order valence-corrected chi connectivity index (χ2v) is 7.00. The number of ether oxygens (including phenoxy) is 2. The lowest BCUT2D eigenvalue weighted by molar-refractivity contribution is 0.0178. The van der Waals surface area contributed by atoms with Gasteiger partial charge in [0.05, 0.1) is 29.5 Å². The van der Waals surface area contributed by atoms with E-state index in [-0.39, 0.29) is 30.8 Å². The van der Waals surface area contributed by atoms with Crippen molar-refractivity contribution in [2.45, 2.75) is 31.3 Å². The van der Waals surface area contributed by atoms with E-state index in [2.05, 4.69) is 10.3 Å². The van der Waals surface area contributed by atoms with Crippen LogP contribution in [0.2, 0.25) is 0 Å². The molecular formula is C15H17N3O4S. The quantitative estimate of drug-likeness (QED) is 0.735. The number of aliphatic hydroxyl groups excluding tert-OH is 1. The fraction of sp³-hybridized carbons (Fsp3) is 0.467. The van der Waals surface area contributed by atoms with E-state index >= 15 is 0 Å². The van der Waals surface area contributed by atoms with Gasteiger partial charge in [-0.05, 0) is 24.6 Å². The lowest BCUT2D eigenvalue weighted by atomic mass is 10.1. The molecule has 122 valence electrons. The maximum atomic E-state index is 12.5. The van der Waals surface area contributed by atoms with Gasteiger partial charge >= 0.3 is 0 Å². The number of nitrogens with zero attached hydrogens (tertiary/aromatic N) is 1. The number of aromatic nitrogens is 1. The summed E-state index contributed by atoms with van der Waals surface area (Å²) in [5, 5.41) is 13.2. The zero-order valence-corrected chi connectivity index (χ0v) is 13.3. The molecule has 4 N–H and O–H groups in total. The Balaban J connectivity index is 1.55. The number of rotatable bonds is 2. The van der Waals surface area contributed by atoms with E-state index < -0.39 is 6.10 Å². The Morgan fingerprint density at radius 3 is 3.00 bits per heavy atom. The molecule has 4 atom stereocenters. The van der Waals surface area contributed by atoms with Crippen LogP contribution in [0.15, 0.2) is 12.1 Å². The van der Waals surface area contributed by atoms with Gasteiger partial charge in [-0.25, -0.2) is 4.98 Å². The second kappa shape index (κ2) is 5.41. The van der Waals surface area contributed by atoms with E-state index in [1.807, 2.05) is 6.92 Å². The third-order valence-electron chi connectivity index (χ3n) is 4.31. The van der Waals surface area contributed by atoms with E-state index in [0.717, 1.165) is 15.8 Å². The van der Waals surface area contributed by atoms with E-state index in [9.17, 15) is 9.90 Å². The first-order valence-corrected chi connectivity index (χ1v) is 8.23. The first-order chi connectivity index (χ1) is 11.0. The van der Waals surface area contributed by atoms with Gasteiger partial charge in [-0.1, -0.05) is 11.3 Å². The third kappa shape index (κ3) is 2.47. The lowest BCUT2D eigenvalue weighted by Crippen LogP contribution is -2.44. The minimum atomic E-state index is -0.624. The number of anilines is 1. The zero-order chi connectivity index (χ0) is 16.1. The number of hydrogen-bond acceptors (Lipinski definition) is 7. The Kier molecular flexibility index (Phi) is 3.49. The van der Waals surface area contributed by atoms with Crippen molar-refractivity contribution in [3.05, 3.63) is 23.3 Å². The van der Waals surface area contributed by atoms with Crippen molar-refractivity contribution in [2.75, 3.05) is 18.9 Å². The molecule has 0 bridgehead atoms. The highest BCUT2D eigenvalue weighted by Gasteiger charge is 2.47. The van der Waals surface area contributed by atoms with Crippen LogP contribution < -0.4 is 11.1 Å². The first-order valence-electron chi connectivity index (χ1n) is 7.42. The van der Waals surface area contributed by atoms with E-state index in [1.165, 1.54) is 11.3 Å². The maximum absolute atomic E-state index is 12.5. The molecule has 23 heavy (non-hydrogen) atoms. The van der Waals surface area contributed by atoms with Crippen molar-refractivity contribution < 1.29 is 19.4 Å². The minimum absolute atomic E-state index is 0.193. The topological polar surface area (TPSA) is 107 Å². The van der Waals surface area contributed by atoms with Gasteiger partial charge in [-0.2, -0.15) is 0 Å². The van der Waals surface area contributed by atoms with Crippen molar-refractivity contribution in [2.24, 2.45) is 0 Å². The number of thiazole rings is 1. The lowest BCUT2D eigenvalue weighted by Gasteiger charge is -2.17. The minimum Gasteiger partial charge on any atom is -0.388 e. The summed E-state index contributed by atoms with van der Waals surface area (Å²) in [5.74, 6) is -0.193. The number of nitrogens with one attached hydrogen (secondary N) is 1. The molecule has 1 aromatic heterocycles. The van der Waals surface area contributed by atoms with Crippen molar-refractivity contribution in [1.82, 2.24) is 10.3 Å². The Labute approximate surface area is 136 Å². The number of fused-ring (bicyclic) bond motifs is 2. The Hall–Kier alpha value is -1.74. The van der Waals surface area contributed by atoms with Crippen LogP contribution in [0.3, 0.4) is 0 Å². The van der Waals surface area contributed by atoms with Crippen molar-refractivity contribution in [3.8, 4) is 0 Å². The molecule has 0 radical (unpaired) electrons. The third-order valence-corrected chi connectivity index (χ3v) is 5.14. The summed E-state index contributed by atoms with van der Waals surface area (Å²) >= 11 is 1.36. The van der Waals surface area contributed by atoms with Crippen LogP contribution in [-0.2, 0) is 9.47 Å². The van der Waals surface area contributed by atoms with Crippen LogP contribution in [0.5, 0.6) is 0 Å². The van der Waals surface area contributed by atoms with Crippen molar-refractivity contribution in [1.29, 1.82) is 0 Å². The van der Waals surface area contributed by atoms with E-state index in [0.29, 0.717) is 17.3 Å². The average molecular weight is 335 g/mol. The highest BCUT2D eigenvalue weighted by atomic mass is 32.1. The molecule has 1 aromatic carbocycles. The first kappa shape index (κ1) is 14.8. The standard InChI is InChI=1S/C15H17N3O4S/c1-6-2-7(3-10-11(6)18-15(16)23-10)14(20)17-8-4-21-13-9(19)5-22-12(8)13/h2-3,8-9,12-13,19H,4-5H2,1H3,(H2,16,18)(H,17,20)/t8-,9-,12-,13-/m1/s1. The van der Waals surface area contributed by atoms with Crippen LogP contribution in [0.1, 0.15) is 15.9 Å². The summed E-state index contributed by atoms with van der Waals surface area (Å²) in [6.07, 6.45) is -1.27. The molecule has 2 aliphatic heterocycles. The molecule has 2 fully saturated rings. The summed E-state index contributed by atoms with van der Waals surface area (Å²) in [5.41, 5.74) is 8.04. The number of aryl methyl sites for hydroxylation is 1. The molecule has 2 aromatic rings. The van der Waals surface area contributed by atoms with Gasteiger partial charge in [0.2, 0.25) is 0 Å². The van der Waals surface area contributed by atoms with Crippen LogP contribution in [0.25, 0.3) is 10.2 Å². The zero-order valence-electron chi connectivity index (χ0n) is 12.5. The summed E-state index contributed by atoms with van der Waals surface area (Å²) in [6.45, 7) is 2.49. The predicted octanol–water partition coefficient (Wildman–Crippen LogP) is 0.444. The molecule has 2 aliphatic rings. The molecular weight excluding hydrogens is 318 g/mol. The smallest absolute Gasteiger partial charge is 0.251 e. The number of aliphatic hydroxyl groups is 1. The average Bonchev–Trinajstić information content (AvgIpc) is 3.17.